The van der Waals surface area contributed by atoms with Crippen LogP contribution in [0.15, 0.2) is 0 Å². The highest BCUT2D eigenvalue weighted by Gasteiger charge is 2.17. The largest absolute Gasteiger partial charge is 0.394 e. The van der Waals surface area contributed by atoms with E-state index in [0.717, 1.165) is 19.4 Å². The molecule has 0 bridgehead atoms. The molecule has 3 nitrogen and oxygen atoms in total. The van der Waals surface area contributed by atoms with Gasteiger partial charge in [0.1, 0.15) is 0 Å². The van der Waals surface area contributed by atoms with Gasteiger partial charge in [-0.05, 0) is 19.3 Å². The maximum absolute atomic E-state index is 9.47. The highest BCUT2D eigenvalue weighted by molar-refractivity contribution is 4.71. The molecule has 0 saturated carbocycles. The van der Waals surface area contributed by atoms with Crippen LogP contribution in [0.2, 0.25) is 0 Å². The fourth-order valence-corrected chi connectivity index (χ4v) is 1.55. The number of aliphatic hydroxyl groups excluding tert-OH is 2. The minimum Gasteiger partial charge on any atom is -0.394 e. The predicted molar refractivity (Wildman–Crippen MR) is 63.9 cm³/mol. The molecule has 0 aromatic carbocycles. The molecule has 0 aromatic rings. The van der Waals surface area contributed by atoms with Crippen LogP contribution in [0.25, 0.3) is 0 Å². The van der Waals surface area contributed by atoms with Crippen LogP contribution in [-0.4, -0.2) is 47.0 Å². The Balaban J connectivity index is 4.17. The molecule has 3 atom stereocenters. The molecule has 2 N–H and O–H groups in total. The Kier molecular flexibility index (Phi) is 8.02. The van der Waals surface area contributed by atoms with Crippen molar-refractivity contribution in [3.8, 4) is 0 Å². The molecule has 0 aliphatic carbocycles. The molecule has 0 spiro atoms. The minimum atomic E-state index is -0.608. The second-order valence-corrected chi connectivity index (χ2v) is 4.56. The monoisotopic (exact) mass is 217 g/mol. The summed E-state index contributed by atoms with van der Waals surface area (Å²) in [4.78, 5) is 2.27. The van der Waals surface area contributed by atoms with Gasteiger partial charge in [-0.25, -0.2) is 0 Å². The summed E-state index contributed by atoms with van der Waals surface area (Å²) in [5.74, 6) is 0.643. The van der Waals surface area contributed by atoms with E-state index in [1.165, 1.54) is 0 Å². The SMILES string of the molecule is CCC(C)CN(CC(O)CO)C(C)CC. The minimum absolute atomic E-state index is 0.145. The van der Waals surface area contributed by atoms with Gasteiger partial charge in [0.25, 0.3) is 0 Å². The Hall–Kier alpha value is -0.120. The standard InChI is InChI=1S/C12H27NO2/c1-5-10(3)7-13(11(4)6-2)8-12(15)9-14/h10-12,14-15H,5-9H2,1-4H3. The molecular formula is C12H27NO2. The Morgan fingerprint density at radius 3 is 2.07 bits per heavy atom. The van der Waals surface area contributed by atoms with Crippen molar-refractivity contribution in [1.82, 2.24) is 4.90 Å². The van der Waals surface area contributed by atoms with E-state index in [0.29, 0.717) is 18.5 Å². The van der Waals surface area contributed by atoms with Crippen LogP contribution >= 0.6 is 0 Å². The first kappa shape index (κ1) is 14.9. The third-order valence-corrected chi connectivity index (χ3v) is 3.11. The molecule has 0 radical (unpaired) electrons. The molecule has 15 heavy (non-hydrogen) atoms. The van der Waals surface area contributed by atoms with E-state index in [4.69, 9.17) is 5.11 Å². The third-order valence-electron chi connectivity index (χ3n) is 3.11. The number of hydrogen-bond acceptors (Lipinski definition) is 3. The van der Waals surface area contributed by atoms with Gasteiger partial charge in [-0.15, -0.1) is 0 Å². The summed E-state index contributed by atoms with van der Waals surface area (Å²) in [7, 11) is 0. The summed E-state index contributed by atoms with van der Waals surface area (Å²) >= 11 is 0. The van der Waals surface area contributed by atoms with Crippen LogP contribution in [0.4, 0.5) is 0 Å². The summed E-state index contributed by atoms with van der Waals surface area (Å²) in [6.07, 6.45) is 1.62. The fourth-order valence-electron chi connectivity index (χ4n) is 1.55. The topological polar surface area (TPSA) is 43.7 Å². The zero-order chi connectivity index (χ0) is 11.8. The van der Waals surface area contributed by atoms with E-state index in [-0.39, 0.29) is 6.61 Å². The number of nitrogens with zero attached hydrogens (tertiary/aromatic N) is 1. The van der Waals surface area contributed by atoms with Crippen molar-refractivity contribution in [2.45, 2.75) is 52.7 Å². The highest BCUT2D eigenvalue weighted by Crippen LogP contribution is 2.10. The molecule has 0 aromatic heterocycles. The average Bonchev–Trinajstić information content (AvgIpc) is 2.26. The predicted octanol–water partition coefficient (Wildman–Crippen LogP) is 1.49. The molecule has 0 aliphatic rings. The molecule has 92 valence electrons. The Morgan fingerprint density at radius 1 is 1.07 bits per heavy atom. The zero-order valence-electron chi connectivity index (χ0n) is 10.6. The lowest BCUT2D eigenvalue weighted by molar-refractivity contribution is 0.0406. The lowest BCUT2D eigenvalue weighted by Gasteiger charge is -2.32. The summed E-state index contributed by atoms with van der Waals surface area (Å²) in [5.41, 5.74) is 0. The van der Waals surface area contributed by atoms with Crippen molar-refractivity contribution in [1.29, 1.82) is 0 Å². The lowest BCUT2D eigenvalue weighted by atomic mass is 10.1. The molecule has 0 saturated heterocycles. The summed E-state index contributed by atoms with van der Waals surface area (Å²) in [6, 6.07) is 0.472. The fraction of sp³-hybridized carbons (Fsp3) is 1.00. The van der Waals surface area contributed by atoms with Crippen LogP contribution in [0, 0.1) is 5.92 Å². The van der Waals surface area contributed by atoms with Crippen molar-refractivity contribution < 1.29 is 10.2 Å². The maximum Gasteiger partial charge on any atom is 0.0897 e. The molecular weight excluding hydrogens is 190 g/mol. The maximum atomic E-state index is 9.47. The molecule has 0 fully saturated rings. The van der Waals surface area contributed by atoms with Crippen molar-refractivity contribution in [2.24, 2.45) is 5.92 Å². The van der Waals surface area contributed by atoms with Crippen molar-refractivity contribution in [3.63, 3.8) is 0 Å². The summed E-state index contributed by atoms with van der Waals surface area (Å²) < 4.78 is 0. The van der Waals surface area contributed by atoms with Crippen LogP contribution < -0.4 is 0 Å². The van der Waals surface area contributed by atoms with Gasteiger partial charge in [0.05, 0.1) is 12.7 Å². The summed E-state index contributed by atoms with van der Waals surface area (Å²) in [6.45, 7) is 10.2. The smallest absolute Gasteiger partial charge is 0.0897 e. The van der Waals surface area contributed by atoms with Gasteiger partial charge in [0.2, 0.25) is 0 Å². The van der Waals surface area contributed by atoms with Gasteiger partial charge in [0.15, 0.2) is 0 Å². The van der Waals surface area contributed by atoms with E-state index in [2.05, 4.69) is 32.6 Å². The zero-order valence-corrected chi connectivity index (χ0v) is 10.6. The first-order valence-electron chi connectivity index (χ1n) is 6.08. The molecule has 0 heterocycles. The third kappa shape index (κ3) is 6.13. The van der Waals surface area contributed by atoms with Gasteiger partial charge >= 0.3 is 0 Å². The van der Waals surface area contributed by atoms with Crippen LogP contribution in [0.3, 0.4) is 0 Å². The van der Waals surface area contributed by atoms with Crippen LogP contribution in [0.1, 0.15) is 40.5 Å². The van der Waals surface area contributed by atoms with E-state index < -0.39 is 6.10 Å². The van der Waals surface area contributed by atoms with Gasteiger partial charge in [-0.3, -0.25) is 4.90 Å². The van der Waals surface area contributed by atoms with Crippen molar-refractivity contribution in [3.05, 3.63) is 0 Å². The second-order valence-electron chi connectivity index (χ2n) is 4.56. The first-order valence-corrected chi connectivity index (χ1v) is 6.08. The van der Waals surface area contributed by atoms with Gasteiger partial charge in [0, 0.05) is 19.1 Å². The van der Waals surface area contributed by atoms with Crippen molar-refractivity contribution >= 4 is 0 Å². The molecule has 0 aliphatic heterocycles. The molecule has 3 heteroatoms. The number of aliphatic hydroxyl groups is 2. The highest BCUT2D eigenvalue weighted by atomic mass is 16.3. The quantitative estimate of drug-likeness (QED) is 0.647. The second kappa shape index (κ2) is 8.08. The average molecular weight is 217 g/mol. The Labute approximate surface area is 94.1 Å². The van der Waals surface area contributed by atoms with Crippen molar-refractivity contribution in [2.75, 3.05) is 19.7 Å². The van der Waals surface area contributed by atoms with E-state index in [1.54, 1.807) is 0 Å². The molecule has 0 amide bonds. The number of hydrogen-bond donors (Lipinski definition) is 2. The molecule has 3 unspecified atom stereocenters. The first-order chi connectivity index (χ1) is 7.04. The normalized spacial score (nSPS) is 17.8. The van der Waals surface area contributed by atoms with E-state index in [9.17, 15) is 5.11 Å². The van der Waals surface area contributed by atoms with Gasteiger partial charge in [-0.2, -0.15) is 0 Å². The van der Waals surface area contributed by atoms with E-state index in [1.807, 2.05) is 0 Å². The Morgan fingerprint density at radius 2 is 1.67 bits per heavy atom. The molecule has 0 rings (SSSR count). The summed E-state index contributed by atoms with van der Waals surface area (Å²) in [5, 5.41) is 18.3. The van der Waals surface area contributed by atoms with Crippen LogP contribution in [0.5, 0.6) is 0 Å². The van der Waals surface area contributed by atoms with Crippen LogP contribution in [-0.2, 0) is 0 Å². The lowest BCUT2D eigenvalue weighted by Crippen LogP contribution is -2.42. The number of rotatable bonds is 8. The van der Waals surface area contributed by atoms with Gasteiger partial charge < -0.3 is 10.2 Å². The van der Waals surface area contributed by atoms with E-state index >= 15 is 0 Å². The van der Waals surface area contributed by atoms with Gasteiger partial charge in [-0.1, -0.05) is 27.2 Å². The Bertz CT molecular complexity index is 141.